The molecule has 0 saturated heterocycles. The molecule has 0 aliphatic carbocycles. The lowest BCUT2D eigenvalue weighted by atomic mass is 10.1. The van der Waals surface area contributed by atoms with Crippen LogP contribution in [0.4, 0.5) is 16.2 Å². The highest BCUT2D eigenvalue weighted by molar-refractivity contribution is 5.99. The van der Waals surface area contributed by atoms with E-state index >= 15 is 0 Å². The van der Waals surface area contributed by atoms with Crippen molar-refractivity contribution in [3.63, 3.8) is 0 Å². The summed E-state index contributed by atoms with van der Waals surface area (Å²) in [6.45, 7) is 2.01. The SMILES string of the molecule is COc1ccc(Cc2ccc(NC(=O)Nc3ccc(C)cc3)cc2)cn1. The predicted octanol–water partition coefficient (Wildman–Crippen LogP) is 4.63. The molecule has 0 atom stereocenters. The smallest absolute Gasteiger partial charge is 0.323 e. The van der Waals surface area contributed by atoms with Gasteiger partial charge in [-0.25, -0.2) is 9.78 Å². The number of anilines is 2. The molecule has 0 spiro atoms. The maximum atomic E-state index is 12.1. The van der Waals surface area contributed by atoms with Crippen LogP contribution in [0, 0.1) is 6.92 Å². The number of amides is 2. The molecular weight excluding hydrogens is 326 g/mol. The van der Waals surface area contributed by atoms with Gasteiger partial charge in [-0.3, -0.25) is 0 Å². The van der Waals surface area contributed by atoms with Crippen LogP contribution in [0.5, 0.6) is 5.88 Å². The van der Waals surface area contributed by atoms with Crippen LogP contribution >= 0.6 is 0 Å². The molecule has 0 aliphatic rings. The summed E-state index contributed by atoms with van der Waals surface area (Å²) >= 11 is 0. The van der Waals surface area contributed by atoms with Crippen molar-refractivity contribution in [2.24, 2.45) is 0 Å². The van der Waals surface area contributed by atoms with Crippen molar-refractivity contribution >= 4 is 17.4 Å². The fourth-order valence-electron chi connectivity index (χ4n) is 2.51. The molecule has 26 heavy (non-hydrogen) atoms. The number of rotatable bonds is 5. The predicted molar refractivity (Wildman–Crippen MR) is 104 cm³/mol. The topological polar surface area (TPSA) is 63.2 Å². The van der Waals surface area contributed by atoms with Gasteiger partial charge >= 0.3 is 6.03 Å². The number of urea groups is 1. The number of aromatic nitrogens is 1. The third-order valence-corrected chi connectivity index (χ3v) is 3.94. The van der Waals surface area contributed by atoms with Crippen LogP contribution < -0.4 is 15.4 Å². The molecule has 0 unspecified atom stereocenters. The van der Waals surface area contributed by atoms with Gasteiger partial charge in [-0.2, -0.15) is 0 Å². The van der Waals surface area contributed by atoms with E-state index in [4.69, 9.17) is 4.74 Å². The molecule has 0 bridgehead atoms. The molecule has 3 aromatic rings. The zero-order valence-electron chi connectivity index (χ0n) is 14.8. The molecule has 1 aromatic heterocycles. The lowest BCUT2D eigenvalue weighted by Gasteiger charge is -2.09. The molecule has 0 saturated carbocycles. The van der Waals surface area contributed by atoms with E-state index in [1.807, 2.05) is 67.6 Å². The Morgan fingerprint density at radius 3 is 2.00 bits per heavy atom. The van der Waals surface area contributed by atoms with Crippen molar-refractivity contribution in [1.29, 1.82) is 0 Å². The summed E-state index contributed by atoms with van der Waals surface area (Å²) in [6.07, 6.45) is 2.58. The van der Waals surface area contributed by atoms with E-state index in [-0.39, 0.29) is 6.03 Å². The average molecular weight is 347 g/mol. The molecule has 2 aromatic carbocycles. The fourth-order valence-corrected chi connectivity index (χ4v) is 2.51. The number of ether oxygens (including phenoxy) is 1. The first-order valence-electron chi connectivity index (χ1n) is 8.35. The highest BCUT2D eigenvalue weighted by Gasteiger charge is 2.03. The molecule has 3 rings (SSSR count). The third kappa shape index (κ3) is 4.83. The standard InChI is InChI=1S/C21H21N3O2/c1-15-3-8-18(9-4-15)23-21(25)24-19-10-5-16(6-11-19)13-17-7-12-20(26-2)22-14-17/h3-12,14H,13H2,1-2H3,(H2,23,24,25). The molecule has 0 aliphatic heterocycles. The van der Waals surface area contributed by atoms with E-state index < -0.39 is 0 Å². The second kappa shape index (κ2) is 8.16. The largest absolute Gasteiger partial charge is 0.481 e. The van der Waals surface area contributed by atoms with Gasteiger partial charge in [0.15, 0.2) is 0 Å². The van der Waals surface area contributed by atoms with E-state index in [0.29, 0.717) is 5.88 Å². The summed E-state index contributed by atoms with van der Waals surface area (Å²) in [5, 5.41) is 5.64. The van der Waals surface area contributed by atoms with Gasteiger partial charge in [-0.15, -0.1) is 0 Å². The zero-order chi connectivity index (χ0) is 18.4. The number of nitrogens with zero attached hydrogens (tertiary/aromatic N) is 1. The van der Waals surface area contributed by atoms with Crippen LogP contribution in [0.1, 0.15) is 16.7 Å². The van der Waals surface area contributed by atoms with Gasteiger partial charge in [-0.05, 0) is 48.7 Å². The Balaban J connectivity index is 1.56. The first-order valence-corrected chi connectivity index (χ1v) is 8.35. The van der Waals surface area contributed by atoms with Crippen LogP contribution in [-0.2, 0) is 6.42 Å². The molecule has 1 heterocycles. The van der Waals surface area contributed by atoms with Crippen LogP contribution in [0.25, 0.3) is 0 Å². The Morgan fingerprint density at radius 2 is 1.46 bits per heavy atom. The quantitative estimate of drug-likeness (QED) is 0.707. The molecule has 5 nitrogen and oxygen atoms in total. The normalized spacial score (nSPS) is 10.2. The first-order chi connectivity index (χ1) is 12.6. The van der Waals surface area contributed by atoms with Crippen molar-refractivity contribution in [3.05, 3.63) is 83.6 Å². The second-order valence-corrected chi connectivity index (χ2v) is 6.03. The number of aryl methyl sites for hydroxylation is 1. The molecule has 5 heteroatoms. The van der Waals surface area contributed by atoms with Crippen LogP contribution in [-0.4, -0.2) is 18.1 Å². The molecular formula is C21H21N3O2. The van der Waals surface area contributed by atoms with Crippen LogP contribution in [0.2, 0.25) is 0 Å². The van der Waals surface area contributed by atoms with Gasteiger partial charge in [0.05, 0.1) is 7.11 Å². The van der Waals surface area contributed by atoms with Gasteiger partial charge < -0.3 is 15.4 Å². The van der Waals surface area contributed by atoms with Crippen molar-refractivity contribution in [3.8, 4) is 5.88 Å². The van der Waals surface area contributed by atoms with E-state index in [1.54, 1.807) is 13.3 Å². The van der Waals surface area contributed by atoms with E-state index in [2.05, 4.69) is 15.6 Å². The minimum absolute atomic E-state index is 0.263. The molecule has 2 N–H and O–H groups in total. The van der Waals surface area contributed by atoms with Gasteiger partial charge in [-0.1, -0.05) is 35.9 Å². The lowest BCUT2D eigenvalue weighted by Crippen LogP contribution is -2.19. The number of carbonyl (C=O) groups is 1. The molecule has 0 fully saturated rings. The zero-order valence-corrected chi connectivity index (χ0v) is 14.8. The minimum atomic E-state index is -0.263. The molecule has 2 amide bonds. The minimum Gasteiger partial charge on any atom is -0.481 e. The summed E-state index contributed by atoms with van der Waals surface area (Å²) in [4.78, 5) is 16.3. The Labute approximate surface area is 153 Å². The number of hydrogen-bond donors (Lipinski definition) is 2. The fraction of sp³-hybridized carbons (Fsp3) is 0.143. The van der Waals surface area contributed by atoms with Gasteiger partial charge in [0.2, 0.25) is 5.88 Å². The maximum absolute atomic E-state index is 12.1. The highest BCUT2D eigenvalue weighted by Crippen LogP contribution is 2.15. The summed E-state index contributed by atoms with van der Waals surface area (Å²) in [6, 6.07) is 19.0. The summed E-state index contributed by atoms with van der Waals surface area (Å²) in [7, 11) is 1.60. The first kappa shape index (κ1) is 17.5. The summed E-state index contributed by atoms with van der Waals surface area (Å²) in [5.41, 5.74) is 4.90. The lowest BCUT2D eigenvalue weighted by molar-refractivity contribution is 0.262. The van der Waals surface area contributed by atoms with Crippen molar-refractivity contribution in [2.45, 2.75) is 13.3 Å². The van der Waals surface area contributed by atoms with Crippen LogP contribution in [0.15, 0.2) is 66.9 Å². The van der Waals surface area contributed by atoms with E-state index in [0.717, 1.165) is 34.5 Å². The number of benzene rings is 2. The summed E-state index contributed by atoms with van der Waals surface area (Å²) in [5.74, 6) is 0.605. The van der Waals surface area contributed by atoms with Gasteiger partial charge in [0.1, 0.15) is 0 Å². The van der Waals surface area contributed by atoms with Crippen LogP contribution in [0.3, 0.4) is 0 Å². The maximum Gasteiger partial charge on any atom is 0.323 e. The number of methoxy groups -OCH3 is 1. The van der Waals surface area contributed by atoms with Gasteiger partial charge in [0.25, 0.3) is 0 Å². The monoisotopic (exact) mass is 347 g/mol. The van der Waals surface area contributed by atoms with Crippen molar-refractivity contribution in [2.75, 3.05) is 17.7 Å². The van der Waals surface area contributed by atoms with E-state index in [1.165, 1.54) is 0 Å². The van der Waals surface area contributed by atoms with Gasteiger partial charge in [0, 0.05) is 23.6 Å². The molecule has 0 radical (unpaired) electrons. The number of carbonyl (C=O) groups excluding carboxylic acids is 1. The Kier molecular flexibility index (Phi) is 5.49. The number of pyridine rings is 1. The molecule has 132 valence electrons. The Morgan fingerprint density at radius 1 is 0.885 bits per heavy atom. The van der Waals surface area contributed by atoms with Crippen molar-refractivity contribution in [1.82, 2.24) is 4.98 Å². The third-order valence-electron chi connectivity index (χ3n) is 3.94. The van der Waals surface area contributed by atoms with Crippen molar-refractivity contribution < 1.29 is 9.53 Å². The average Bonchev–Trinajstić information content (AvgIpc) is 2.66. The highest BCUT2D eigenvalue weighted by atomic mass is 16.5. The second-order valence-electron chi connectivity index (χ2n) is 6.03. The Hall–Kier alpha value is -3.34. The summed E-state index contributed by atoms with van der Waals surface area (Å²) < 4.78 is 5.06. The number of nitrogens with one attached hydrogen (secondary N) is 2. The number of hydrogen-bond acceptors (Lipinski definition) is 3. The Bertz CT molecular complexity index is 857. The van der Waals surface area contributed by atoms with E-state index in [9.17, 15) is 4.79 Å².